The Labute approximate surface area is 199 Å². The van der Waals surface area contributed by atoms with Crippen molar-refractivity contribution in [1.29, 1.82) is 15.8 Å². The minimum Gasteiger partial charge on any atom is -0.491 e. The van der Waals surface area contributed by atoms with Crippen LogP contribution in [0.2, 0.25) is 0 Å². The van der Waals surface area contributed by atoms with Crippen LogP contribution < -0.4 is 14.2 Å². The number of para-hydroxylation sites is 3. The molecule has 3 rings (SSSR count). The molecule has 0 saturated carbocycles. The predicted molar refractivity (Wildman–Crippen MR) is 126 cm³/mol. The van der Waals surface area contributed by atoms with Gasteiger partial charge in [0.05, 0.1) is 16.7 Å². The highest BCUT2D eigenvalue weighted by atomic mass is 16.5. The molecule has 34 heavy (non-hydrogen) atoms. The first-order valence-electron chi connectivity index (χ1n) is 10.8. The Morgan fingerprint density at radius 1 is 0.500 bits per heavy atom. The highest BCUT2D eigenvalue weighted by molar-refractivity contribution is 5.43. The van der Waals surface area contributed by atoms with Crippen molar-refractivity contribution in [1.82, 2.24) is 4.90 Å². The zero-order valence-electron chi connectivity index (χ0n) is 18.7. The highest BCUT2D eigenvalue weighted by Crippen LogP contribution is 2.18. The number of rotatable bonds is 12. The first kappa shape index (κ1) is 24.1. The summed E-state index contributed by atoms with van der Waals surface area (Å²) in [7, 11) is 0. The van der Waals surface area contributed by atoms with Gasteiger partial charge in [0.2, 0.25) is 0 Å². The molecule has 0 spiro atoms. The Kier molecular flexibility index (Phi) is 9.32. The monoisotopic (exact) mass is 452 g/mol. The van der Waals surface area contributed by atoms with Gasteiger partial charge in [0, 0.05) is 19.6 Å². The lowest BCUT2D eigenvalue weighted by Gasteiger charge is -2.23. The summed E-state index contributed by atoms with van der Waals surface area (Å²) in [5.41, 5.74) is 1.46. The smallest absolute Gasteiger partial charge is 0.137 e. The molecule has 0 radical (unpaired) electrons. The van der Waals surface area contributed by atoms with Gasteiger partial charge in [0.25, 0.3) is 0 Å². The summed E-state index contributed by atoms with van der Waals surface area (Å²) in [4.78, 5) is 2.11. The van der Waals surface area contributed by atoms with Crippen LogP contribution in [0, 0.1) is 34.0 Å². The van der Waals surface area contributed by atoms with E-state index in [1.165, 1.54) is 0 Å². The van der Waals surface area contributed by atoms with Gasteiger partial charge in [-0.3, -0.25) is 4.90 Å². The summed E-state index contributed by atoms with van der Waals surface area (Å²) in [5.74, 6) is 1.63. The normalized spacial score (nSPS) is 10.1. The van der Waals surface area contributed by atoms with Crippen LogP contribution in [-0.2, 0) is 0 Å². The largest absolute Gasteiger partial charge is 0.491 e. The molecule has 0 N–H and O–H groups in total. The van der Waals surface area contributed by atoms with Gasteiger partial charge in [0.1, 0.15) is 55.3 Å². The van der Waals surface area contributed by atoms with Crippen molar-refractivity contribution in [3.05, 3.63) is 89.5 Å². The molecule has 0 aliphatic carbocycles. The Morgan fingerprint density at radius 3 is 1.09 bits per heavy atom. The van der Waals surface area contributed by atoms with E-state index in [0.717, 1.165) is 0 Å². The van der Waals surface area contributed by atoms with Crippen LogP contribution in [0.15, 0.2) is 72.8 Å². The van der Waals surface area contributed by atoms with E-state index in [0.29, 0.717) is 73.4 Å². The number of hydrogen-bond acceptors (Lipinski definition) is 7. The van der Waals surface area contributed by atoms with Crippen molar-refractivity contribution in [2.45, 2.75) is 0 Å². The number of nitrogens with zero attached hydrogens (tertiary/aromatic N) is 4. The molecule has 0 aliphatic heterocycles. The Bertz CT molecular complexity index is 1060. The van der Waals surface area contributed by atoms with Gasteiger partial charge in [0.15, 0.2) is 0 Å². The summed E-state index contributed by atoms with van der Waals surface area (Å²) in [6, 6.07) is 27.7. The summed E-state index contributed by atoms with van der Waals surface area (Å²) in [6.45, 7) is 2.86. The molecule has 0 aliphatic rings. The Balaban J connectivity index is 1.57. The molecule has 0 saturated heterocycles. The minimum absolute atomic E-state index is 0.377. The van der Waals surface area contributed by atoms with E-state index in [9.17, 15) is 15.8 Å². The topological polar surface area (TPSA) is 102 Å². The maximum Gasteiger partial charge on any atom is 0.137 e. The van der Waals surface area contributed by atoms with Crippen LogP contribution in [-0.4, -0.2) is 44.4 Å². The first-order chi connectivity index (χ1) is 16.7. The van der Waals surface area contributed by atoms with Gasteiger partial charge < -0.3 is 14.2 Å². The van der Waals surface area contributed by atoms with E-state index in [1.54, 1.807) is 54.6 Å². The molecule has 0 fully saturated rings. The van der Waals surface area contributed by atoms with E-state index >= 15 is 0 Å². The van der Waals surface area contributed by atoms with Gasteiger partial charge in [-0.1, -0.05) is 36.4 Å². The van der Waals surface area contributed by atoms with Crippen molar-refractivity contribution in [3.63, 3.8) is 0 Å². The van der Waals surface area contributed by atoms with Crippen molar-refractivity contribution in [3.8, 4) is 35.5 Å². The zero-order valence-corrected chi connectivity index (χ0v) is 18.7. The van der Waals surface area contributed by atoms with Crippen LogP contribution in [0.4, 0.5) is 0 Å². The average molecular weight is 453 g/mol. The van der Waals surface area contributed by atoms with Gasteiger partial charge in [-0.25, -0.2) is 0 Å². The molecule has 7 heteroatoms. The predicted octanol–water partition coefficient (Wildman–Crippen LogP) is 4.14. The maximum atomic E-state index is 9.24. The quantitative estimate of drug-likeness (QED) is 0.407. The van der Waals surface area contributed by atoms with Crippen LogP contribution >= 0.6 is 0 Å². The lowest BCUT2D eigenvalue weighted by atomic mass is 10.2. The zero-order chi connectivity index (χ0) is 24.0. The second-order valence-electron chi connectivity index (χ2n) is 7.21. The molecule has 0 amide bonds. The molecule has 0 unspecified atom stereocenters. The van der Waals surface area contributed by atoms with Gasteiger partial charge in [-0.05, 0) is 36.4 Å². The number of nitriles is 3. The molecule has 7 nitrogen and oxygen atoms in total. The fraction of sp³-hybridized carbons (Fsp3) is 0.222. The van der Waals surface area contributed by atoms with E-state index in [2.05, 4.69) is 23.1 Å². The molecular weight excluding hydrogens is 428 g/mol. The van der Waals surface area contributed by atoms with E-state index in [-0.39, 0.29) is 0 Å². The van der Waals surface area contributed by atoms with E-state index in [4.69, 9.17) is 14.2 Å². The third-order valence-corrected chi connectivity index (χ3v) is 5.02. The summed E-state index contributed by atoms with van der Waals surface area (Å²) in [5, 5.41) is 27.7. The number of benzene rings is 3. The molecular formula is C27H24N4O3. The molecule has 0 aromatic heterocycles. The van der Waals surface area contributed by atoms with Crippen LogP contribution in [0.25, 0.3) is 0 Å². The molecule has 3 aromatic rings. The highest BCUT2D eigenvalue weighted by Gasteiger charge is 2.10. The van der Waals surface area contributed by atoms with E-state index < -0.39 is 0 Å². The van der Waals surface area contributed by atoms with Gasteiger partial charge in [-0.15, -0.1) is 0 Å². The summed E-state index contributed by atoms with van der Waals surface area (Å²) < 4.78 is 17.5. The van der Waals surface area contributed by atoms with Gasteiger partial charge >= 0.3 is 0 Å². The molecule has 0 bridgehead atoms. The number of ether oxygens (including phenoxy) is 3. The second kappa shape index (κ2) is 13.1. The Hall–Kier alpha value is -4.51. The van der Waals surface area contributed by atoms with Crippen LogP contribution in [0.3, 0.4) is 0 Å². The second-order valence-corrected chi connectivity index (χ2v) is 7.21. The molecule has 3 aromatic carbocycles. The lowest BCUT2D eigenvalue weighted by Crippen LogP contribution is -2.35. The maximum absolute atomic E-state index is 9.24. The van der Waals surface area contributed by atoms with Crippen molar-refractivity contribution < 1.29 is 14.2 Å². The van der Waals surface area contributed by atoms with Crippen molar-refractivity contribution >= 4 is 0 Å². The molecule has 170 valence electrons. The van der Waals surface area contributed by atoms with E-state index in [1.807, 2.05) is 18.2 Å². The Morgan fingerprint density at radius 2 is 0.794 bits per heavy atom. The fourth-order valence-electron chi connectivity index (χ4n) is 3.24. The summed E-state index contributed by atoms with van der Waals surface area (Å²) >= 11 is 0. The fourth-order valence-corrected chi connectivity index (χ4v) is 3.24. The van der Waals surface area contributed by atoms with Crippen molar-refractivity contribution in [2.24, 2.45) is 0 Å². The van der Waals surface area contributed by atoms with Crippen molar-refractivity contribution in [2.75, 3.05) is 39.5 Å². The third kappa shape index (κ3) is 7.00. The first-order valence-corrected chi connectivity index (χ1v) is 10.8. The number of hydrogen-bond donors (Lipinski definition) is 0. The summed E-state index contributed by atoms with van der Waals surface area (Å²) in [6.07, 6.45) is 0. The lowest BCUT2D eigenvalue weighted by molar-refractivity contribution is 0.153. The third-order valence-electron chi connectivity index (χ3n) is 5.02. The van der Waals surface area contributed by atoms with Gasteiger partial charge in [-0.2, -0.15) is 15.8 Å². The molecule has 0 atom stereocenters. The standard InChI is InChI=1S/C27H24N4O3/c28-19-22-7-1-4-10-25(22)32-16-13-31(14-17-33-26-11-5-2-8-23(26)20-29)15-18-34-27-12-6-3-9-24(27)21-30/h1-12H,13-18H2. The average Bonchev–Trinajstić information content (AvgIpc) is 2.89. The molecule has 0 heterocycles. The van der Waals surface area contributed by atoms with Crippen LogP contribution in [0.1, 0.15) is 16.7 Å². The minimum atomic E-state index is 0.377. The SMILES string of the molecule is N#Cc1ccccc1OCCN(CCOc1ccccc1C#N)CCOc1ccccc1C#N. The van der Waals surface area contributed by atoms with Crippen LogP contribution in [0.5, 0.6) is 17.2 Å².